The second-order valence-electron chi connectivity index (χ2n) is 6.87. The summed E-state index contributed by atoms with van der Waals surface area (Å²) in [6.07, 6.45) is -0.180. The predicted octanol–water partition coefficient (Wildman–Crippen LogP) is 2.53. The summed E-state index contributed by atoms with van der Waals surface area (Å²) in [5, 5.41) is 2.87. The predicted molar refractivity (Wildman–Crippen MR) is 124 cm³/mol. The number of likely N-dealkylation sites (N-methyl/N-ethyl adjacent to an activating group) is 1. The minimum atomic E-state index is -4.41. The van der Waals surface area contributed by atoms with Crippen LogP contribution >= 0.6 is 24.0 Å². The Hall–Kier alpha value is -1.82. The van der Waals surface area contributed by atoms with E-state index in [1.165, 1.54) is 0 Å². The van der Waals surface area contributed by atoms with Crippen molar-refractivity contribution in [2.45, 2.75) is 6.18 Å². The molecule has 0 aromatic heterocycles. The van der Waals surface area contributed by atoms with Gasteiger partial charge in [-0.2, -0.15) is 13.2 Å². The van der Waals surface area contributed by atoms with Gasteiger partial charge in [0.05, 0.1) is 6.54 Å². The van der Waals surface area contributed by atoms with Gasteiger partial charge in [0.15, 0.2) is 5.96 Å². The summed E-state index contributed by atoms with van der Waals surface area (Å²) in [5.74, 6) is -0.105. The minimum absolute atomic E-state index is 0. The molecule has 6 nitrogen and oxygen atoms in total. The van der Waals surface area contributed by atoms with Gasteiger partial charge in [-0.1, -0.05) is 42.5 Å². The highest BCUT2D eigenvalue weighted by Gasteiger charge is 2.31. The van der Waals surface area contributed by atoms with Gasteiger partial charge in [0, 0.05) is 46.8 Å². The van der Waals surface area contributed by atoms with Crippen molar-refractivity contribution in [1.82, 2.24) is 20.0 Å². The van der Waals surface area contributed by atoms with Crippen LogP contribution in [0.15, 0.2) is 41.4 Å². The van der Waals surface area contributed by atoms with E-state index in [1.807, 2.05) is 23.1 Å². The first kappa shape index (κ1) is 26.2. The highest BCUT2D eigenvalue weighted by molar-refractivity contribution is 14.0. The van der Waals surface area contributed by atoms with Gasteiger partial charge >= 0.3 is 6.18 Å². The maximum atomic E-state index is 12.4. The lowest BCUT2D eigenvalue weighted by Gasteiger charge is -2.36. The van der Waals surface area contributed by atoms with E-state index in [0.717, 1.165) is 45.3 Å². The van der Waals surface area contributed by atoms with E-state index in [0.29, 0.717) is 10.9 Å². The number of rotatable bonds is 6. The lowest BCUT2D eigenvalue weighted by Crippen LogP contribution is -2.53. The van der Waals surface area contributed by atoms with Crippen molar-refractivity contribution in [2.75, 3.05) is 59.9 Å². The Labute approximate surface area is 192 Å². The van der Waals surface area contributed by atoms with Gasteiger partial charge in [-0.25, -0.2) is 0 Å². The molecule has 30 heavy (non-hydrogen) atoms. The van der Waals surface area contributed by atoms with E-state index in [-0.39, 0.29) is 30.5 Å². The third-order valence-electron chi connectivity index (χ3n) is 4.60. The zero-order valence-corrected chi connectivity index (χ0v) is 19.6. The molecule has 1 aliphatic rings. The lowest BCUT2D eigenvalue weighted by atomic mass is 10.2. The number of amides is 1. The number of carbonyl (C=O) groups is 1. The number of piperazine rings is 1. The Kier molecular flexibility index (Phi) is 11.2. The van der Waals surface area contributed by atoms with Gasteiger partial charge in [-0.05, 0) is 5.56 Å². The summed E-state index contributed by atoms with van der Waals surface area (Å²) in [4.78, 5) is 21.0. The fourth-order valence-electron chi connectivity index (χ4n) is 3.02. The van der Waals surface area contributed by atoms with Crippen molar-refractivity contribution in [3.63, 3.8) is 0 Å². The summed E-state index contributed by atoms with van der Waals surface area (Å²) >= 11 is 0. The van der Waals surface area contributed by atoms with Crippen molar-refractivity contribution in [3.05, 3.63) is 42.0 Å². The largest absolute Gasteiger partial charge is 0.406 e. The van der Waals surface area contributed by atoms with Gasteiger partial charge in [0.1, 0.15) is 6.54 Å². The van der Waals surface area contributed by atoms with Crippen molar-refractivity contribution in [2.24, 2.45) is 4.99 Å². The van der Waals surface area contributed by atoms with Crippen molar-refractivity contribution in [3.8, 4) is 0 Å². The van der Waals surface area contributed by atoms with Crippen LogP contribution in [0.3, 0.4) is 0 Å². The first-order valence-electron chi connectivity index (χ1n) is 9.49. The van der Waals surface area contributed by atoms with Crippen LogP contribution in [0.2, 0.25) is 0 Å². The third kappa shape index (κ3) is 9.33. The van der Waals surface area contributed by atoms with Crippen molar-refractivity contribution >= 4 is 41.9 Å². The molecule has 2 rings (SSSR count). The second-order valence-corrected chi connectivity index (χ2v) is 6.87. The van der Waals surface area contributed by atoms with Crippen LogP contribution in [0.1, 0.15) is 5.56 Å². The first-order chi connectivity index (χ1) is 13.8. The highest BCUT2D eigenvalue weighted by Crippen LogP contribution is 2.15. The number of alkyl halides is 3. The maximum absolute atomic E-state index is 12.4. The number of aliphatic imine (C=N–C) groups is 1. The van der Waals surface area contributed by atoms with Gasteiger partial charge < -0.3 is 15.1 Å². The number of hydrogen-bond donors (Lipinski definition) is 1. The maximum Gasteiger partial charge on any atom is 0.406 e. The van der Waals surface area contributed by atoms with Crippen LogP contribution in [0.25, 0.3) is 6.08 Å². The monoisotopic (exact) mass is 539 g/mol. The number of guanidine groups is 1. The number of nitrogens with zero attached hydrogens (tertiary/aromatic N) is 4. The quantitative estimate of drug-likeness (QED) is 0.343. The second kappa shape index (κ2) is 12.8. The van der Waals surface area contributed by atoms with Gasteiger partial charge in [-0.15, -0.1) is 24.0 Å². The average molecular weight is 539 g/mol. The standard InChI is InChI=1S/C20H28F3N5O.HI/c1-24-19(25-15-18(29)26(2)16-20(21,22)23)28-13-11-27(12-14-28)10-6-9-17-7-4-3-5-8-17;/h3-9H,10-16H2,1-2H3,(H,24,25);1H/b9-6+;. The van der Waals surface area contributed by atoms with Crippen LogP contribution in [-0.2, 0) is 4.79 Å². The fraction of sp³-hybridized carbons (Fsp3) is 0.500. The van der Waals surface area contributed by atoms with Crippen LogP contribution in [0.4, 0.5) is 13.2 Å². The number of carbonyl (C=O) groups excluding carboxylic acids is 1. The Morgan fingerprint density at radius 1 is 1.20 bits per heavy atom. The summed E-state index contributed by atoms with van der Waals surface area (Å²) in [7, 11) is 2.74. The molecular formula is C20H29F3IN5O. The molecule has 0 bridgehead atoms. The van der Waals surface area contributed by atoms with Crippen molar-refractivity contribution < 1.29 is 18.0 Å². The summed E-state index contributed by atoms with van der Waals surface area (Å²) in [5.41, 5.74) is 1.16. The van der Waals surface area contributed by atoms with Gasteiger partial charge in [0.2, 0.25) is 5.91 Å². The average Bonchev–Trinajstić information content (AvgIpc) is 2.69. The van der Waals surface area contributed by atoms with Gasteiger partial charge in [-0.3, -0.25) is 14.7 Å². The summed E-state index contributed by atoms with van der Waals surface area (Å²) < 4.78 is 37.2. The SMILES string of the molecule is CN=C(NCC(=O)N(C)CC(F)(F)F)N1CCN(C/C=C/c2ccccc2)CC1.I. The van der Waals surface area contributed by atoms with E-state index < -0.39 is 18.6 Å². The molecule has 1 aliphatic heterocycles. The van der Waals surface area contributed by atoms with Crippen LogP contribution in [0.5, 0.6) is 0 Å². The molecule has 1 N–H and O–H groups in total. The molecule has 0 atom stereocenters. The number of hydrogen-bond acceptors (Lipinski definition) is 3. The Bertz CT molecular complexity index is 704. The minimum Gasteiger partial charge on any atom is -0.347 e. The molecule has 0 unspecified atom stereocenters. The van der Waals surface area contributed by atoms with E-state index in [1.54, 1.807) is 7.05 Å². The van der Waals surface area contributed by atoms with Crippen LogP contribution in [-0.4, -0.2) is 92.7 Å². The van der Waals surface area contributed by atoms with Crippen LogP contribution < -0.4 is 5.32 Å². The van der Waals surface area contributed by atoms with E-state index >= 15 is 0 Å². The zero-order chi connectivity index (χ0) is 21.3. The molecule has 168 valence electrons. The summed E-state index contributed by atoms with van der Waals surface area (Å²) in [6, 6.07) is 10.1. The molecule has 10 heteroatoms. The Morgan fingerprint density at radius 2 is 1.83 bits per heavy atom. The van der Waals surface area contributed by atoms with E-state index in [9.17, 15) is 18.0 Å². The lowest BCUT2D eigenvalue weighted by molar-refractivity contribution is -0.157. The molecule has 1 aromatic carbocycles. The number of nitrogens with one attached hydrogen (secondary N) is 1. The molecule has 1 heterocycles. The highest BCUT2D eigenvalue weighted by atomic mass is 127. The molecule has 0 spiro atoms. The van der Waals surface area contributed by atoms with E-state index in [4.69, 9.17) is 0 Å². The number of halogens is 4. The van der Waals surface area contributed by atoms with Crippen LogP contribution in [0, 0.1) is 0 Å². The normalized spacial score (nSPS) is 15.8. The molecular weight excluding hydrogens is 510 g/mol. The molecule has 1 amide bonds. The molecule has 0 aliphatic carbocycles. The Balaban J connectivity index is 0.00000450. The fourth-order valence-corrected chi connectivity index (χ4v) is 3.02. The molecule has 1 aromatic rings. The molecule has 0 radical (unpaired) electrons. The third-order valence-corrected chi connectivity index (χ3v) is 4.60. The first-order valence-corrected chi connectivity index (χ1v) is 9.49. The Morgan fingerprint density at radius 3 is 2.40 bits per heavy atom. The van der Waals surface area contributed by atoms with Crippen molar-refractivity contribution in [1.29, 1.82) is 0 Å². The zero-order valence-electron chi connectivity index (χ0n) is 17.2. The smallest absolute Gasteiger partial charge is 0.347 e. The molecule has 0 saturated carbocycles. The van der Waals surface area contributed by atoms with Gasteiger partial charge in [0.25, 0.3) is 0 Å². The van der Waals surface area contributed by atoms with E-state index in [2.05, 4.69) is 39.5 Å². The molecule has 1 saturated heterocycles. The summed E-state index contributed by atoms with van der Waals surface area (Å²) in [6.45, 7) is 2.48. The molecule has 1 fully saturated rings. The number of benzene rings is 1. The topological polar surface area (TPSA) is 51.2 Å².